The number of benzene rings is 2. The average Bonchev–Trinajstić information content (AvgIpc) is 2.71. The van der Waals surface area contributed by atoms with Gasteiger partial charge in [0.1, 0.15) is 19.0 Å². The maximum absolute atomic E-state index is 12.2. The van der Waals surface area contributed by atoms with Crippen molar-refractivity contribution in [2.24, 2.45) is 0 Å². The molecule has 3 nitrogen and oxygen atoms in total. The van der Waals surface area contributed by atoms with Crippen LogP contribution in [-0.2, 0) is 12.8 Å². The van der Waals surface area contributed by atoms with E-state index in [9.17, 15) is 4.39 Å². The molecule has 0 unspecified atom stereocenters. The number of ether oxygens (including phenoxy) is 1. The van der Waals surface area contributed by atoms with E-state index in [2.05, 4.69) is 46.2 Å². The molecule has 1 aliphatic rings. The van der Waals surface area contributed by atoms with E-state index in [1.165, 1.54) is 11.1 Å². The third-order valence-corrected chi connectivity index (χ3v) is 4.99. The largest absolute Gasteiger partial charge is 0.491 e. The average molecular weight is 429 g/mol. The van der Waals surface area contributed by atoms with Gasteiger partial charge in [-0.3, -0.25) is 0 Å². The smallest absolute Gasteiger partial charge is 0.123 e. The summed E-state index contributed by atoms with van der Waals surface area (Å²) in [5.74, 6) is 0.769. The number of hydrogen-bond donors (Lipinski definition) is 0. The first-order valence-electron chi connectivity index (χ1n) is 9.60. The van der Waals surface area contributed by atoms with Gasteiger partial charge in [0, 0.05) is 39.3 Å². The van der Waals surface area contributed by atoms with Gasteiger partial charge in [0.15, 0.2) is 0 Å². The molecule has 0 saturated carbocycles. The Balaban J connectivity index is 0.00000196. The van der Waals surface area contributed by atoms with Crippen molar-refractivity contribution in [2.75, 3.05) is 52.6 Å². The fraction of sp³-hybridized carbons (Fsp3) is 0.455. The summed E-state index contributed by atoms with van der Waals surface area (Å²) in [6.45, 7) is 6.46. The topological polar surface area (TPSA) is 15.7 Å². The summed E-state index contributed by atoms with van der Waals surface area (Å²) in [7, 11) is 0. The van der Waals surface area contributed by atoms with E-state index in [-0.39, 0.29) is 31.4 Å². The predicted octanol–water partition coefficient (Wildman–Crippen LogP) is 4.28. The first-order valence-corrected chi connectivity index (χ1v) is 9.60. The lowest BCUT2D eigenvalue weighted by Gasteiger charge is -2.34. The maximum atomic E-state index is 12.2. The number of halogens is 3. The molecular weight excluding hydrogens is 398 g/mol. The zero-order chi connectivity index (χ0) is 18.0. The molecule has 2 aromatic rings. The molecule has 0 spiro atoms. The first-order chi connectivity index (χ1) is 12.8. The molecule has 1 aliphatic heterocycles. The Morgan fingerprint density at radius 1 is 0.750 bits per heavy atom. The normalized spacial score (nSPS) is 14.8. The third-order valence-electron chi connectivity index (χ3n) is 4.99. The van der Waals surface area contributed by atoms with Crippen LogP contribution in [0.3, 0.4) is 0 Å². The fourth-order valence-corrected chi connectivity index (χ4v) is 3.40. The predicted molar refractivity (Wildman–Crippen MR) is 119 cm³/mol. The lowest BCUT2D eigenvalue weighted by atomic mass is 10.1. The van der Waals surface area contributed by atoms with E-state index in [1.54, 1.807) is 0 Å². The molecule has 156 valence electrons. The molecule has 1 fully saturated rings. The third kappa shape index (κ3) is 8.36. The van der Waals surface area contributed by atoms with Crippen molar-refractivity contribution in [1.29, 1.82) is 0 Å². The molecule has 1 heterocycles. The molecule has 6 heteroatoms. The van der Waals surface area contributed by atoms with Crippen molar-refractivity contribution < 1.29 is 9.13 Å². The van der Waals surface area contributed by atoms with Gasteiger partial charge in [0.25, 0.3) is 0 Å². The number of hydrogen-bond acceptors (Lipinski definition) is 3. The molecule has 1 saturated heterocycles. The van der Waals surface area contributed by atoms with E-state index < -0.39 is 6.67 Å². The van der Waals surface area contributed by atoms with Gasteiger partial charge in [0.2, 0.25) is 0 Å². The Bertz CT molecular complexity index is 652. The second-order valence-corrected chi connectivity index (χ2v) is 6.85. The number of nitrogens with zero attached hydrogens (tertiary/aromatic N) is 2. The lowest BCUT2D eigenvalue weighted by molar-refractivity contribution is 0.134. The van der Waals surface area contributed by atoms with Crippen LogP contribution < -0.4 is 4.74 Å². The van der Waals surface area contributed by atoms with Crippen LogP contribution in [0.5, 0.6) is 5.75 Å². The summed E-state index contributed by atoms with van der Waals surface area (Å²) < 4.78 is 17.6. The van der Waals surface area contributed by atoms with Gasteiger partial charge in [-0.2, -0.15) is 0 Å². The molecule has 0 aromatic heterocycles. The summed E-state index contributed by atoms with van der Waals surface area (Å²) in [5, 5.41) is 0. The van der Waals surface area contributed by atoms with Crippen molar-refractivity contribution >= 4 is 24.8 Å². The van der Waals surface area contributed by atoms with Gasteiger partial charge in [-0.25, -0.2) is 4.39 Å². The number of rotatable bonds is 9. The van der Waals surface area contributed by atoms with Crippen LogP contribution in [0.1, 0.15) is 11.1 Å². The van der Waals surface area contributed by atoms with E-state index >= 15 is 0 Å². The summed E-state index contributed by atoms with van der Waals surface area (Å²) in [6, 6.07) is 18.8. The van der Waals surface area contributed by atoms with Crippen LogP contribution in [0.2, 0.25) is 0 Å². The van der Waals surface area contributed by atoms with Crippen molar-refractivity contribution in [3.8, 4) is 5.75 Å². The van der Waals surface area contributed by atoms with Crippen LogP contribution in [-0.4, -0.2) is 62.3 Å². The lowest BCUT2D eigenvalue weighted by Crippen LogP contribution is -2.47. The standard InChI is InChI=1S/C22H29FN2O.2ClH/c23-11-18-26-22-8-4-7-21(19-22)10-13-25-16-14-24(15-17-25)12-9-20-5-2-1-3-6-20;;/h1-8,19H,9-18H2;2*1H. The fourth-order valence-electron chi connectivity index (χ4n) is 3.40. The van der Waals surface area contributed by atoms with Gasteiger partial charge in [-0.15, -0.1) is 24.8 Å². The Morgan fingerprint density at radius 2 is 1.32 bits per heavy atom. The quantitative estimate of drug-likeness (QED) is 0.592. The van der Waals surface area contributed by atoms with Gasteiger partial charge in [0.05, 0.1) is 0 Å². The SMILES string of the molecule is Cl.Cl.FCCOc1cccc(CCN2CCN(CCc3ccccc3)CC2)c1. The molecular formula is C22H31Cl2FN2O. The highest BCUT2D eigenvalue weighted by molar-refractivity contribution is 5.85. The molecule has 28 heavy (non-hydrogen) atoms. The van der Waals surface area contributed by atoms with Crippen molar-refractivity contribution in [2.45, 2.75) is 12.8 Å². The van der Waals surface area contributed by atoms with Gasteiger partial charge in [-0.1, -0.05) is 42.5 Å². The Labute approximate surface area is 180 Å². The van der Waals surface area contributed by atoms with Crippen LogP contribution in [0.4, 0.5) is 4.39 Å². The molecule has 2 aromatic carbocycles. The van der Waals surface area contributed by atoms with E-state index in [0.29, 0.717) is 0 Å². The molecule has 0 N–H and O–H groups in total. The number of piperazine rings is 1. The summed E-state index contributed by atoms with van der Waals surface area (Å²) in [4.78, 5) is 5.10. The monoisotopic (exact) mass is 428 g/mol. The van der Waals surface area contributed by atoms with Crippen molar-refractivity contribution in [3.05, 3.63) is 65.7 Å². The molecule has 3 rings (SSSR count). The molecule has 0 bridgehead atoms. The minimum Gasteiger partial charge on any atom is -0.491 e. The van der Waals surface area contributed by atoms with Gasteiger partial charge < -0.3 is 14.5 Å². The second kappa shape index (κ2) is 13.8. The van der Waals surface area contributed by atoms with Gasteiger partial charge >= 0.3 is 0 Å². The molecule has 0 radical (unpaired) electrons. The Hall–Kier alpha value is -1.33. The zero-order valence-corrected chi connectivity index (χ0v) is 17.9. The van der Waals surface area contributed by atoms with Crippen molar-refractivity contribution in [3.63, 3.8) is 0 Å². The van der Waals surface area contributed by atoms with Gasteiger partial charge in [-0.05, 0) is 36.1 Å². The van der Waals surface area contributed by atoms with Crippen molar-refractivity contribution in [1.82, 2.24) is 9.80 Å². The second-order valence-electron chi connectivity index (χ2n) is 6.85. The first kappa shape index (κ1) is 24.7. The summed E-state index contributed by atoms with van der Waals surface area (Å²) in [5.41, 5.74) is 2.68. The highest BCUT2D eigenvalue weighted by Gasteiger charge is 2.16. The molecule has 0 atom stereocenters. The maximum Gasteiger partial charge on any atom is 0.123 e. The zero-order valence-electron chi connectivity index (χ0n) is 16.3. The molecule has 0 aliphatic carbocycles. The van der Waals surface area contributed by atoms with Crippen LogP contribution in [0.25, 0.3) is 0 Å². The molecule has 0 amide bonds. The van der Waals surface area contributed by atoms with Crippen LogP contribution in [0.15, 0.2) is 54.6 Å². The highest BCUT2D eigenvalue weighted by atomic mass is 35.5. The minimum atomic E-state index is -0.446. The van der Waals surface area contributed by atoms with E-state index in [0.717, 1.165) is 57.9 Å². The Kier molecular flexibility index (Phi) is 12.2. The number of alkyl halides is 1. The summed E-state index contributed by atoms with van der Waals surface area (Å²) >= 11 is 0. The minimum absolute atomic E-state index is 0. The highest BCUT2D eigenvalue weighted by Crippen LogP contribution is 2.14. The van der Waals surface area contributed by atoms with Crippen LogP contribution >= 0.6 is 24.8 Å². The Morgan fingerprint density at radius 3 is 1.93 bits per heavy atom. The van der Waals surface area contributed by atoms with Crippen LogP contribution in [0, 0.1) is 0 Å². The summed E-state index contributed by atoms with van der Waals surface area (Å²) in [6.07, 6.45) is 2.14. The van der Waals surface area contributed by atoms with E-state index in [4.69, 9.17) is 4.74 Å². The van der Waals surface area contributed by atoms with E-state index in [1.807, 2.05) is 18.2 Å².